The molecule has 0 radical (unpaired) electrons. The van der Waals surface area contributed by atoms with E-state index in [0.29, 0.717) is 16.7 Å². The summed E-state index contributed by atoms with van der Waals surface area (Å²) >= 11 is 7.43. The van der Waals surface area contributed by atoms with Gasteiger partial charge in [-0.1, -0.05) is 59.8 Å². The number of hydrogen-bond acceptors (Lipinski definition) is 5. The van der Waals surface area contributed by atoms with Gasteiger partial charge in [0.2, 0.25) is 11.1 Å². The Kier molecular flexibility index (Phi) is 5.90. The van der Waals surface area contributed by atoms with Crippen molar-refractivity contribution in [1.82, 2.24) is 25.5 Å². The Morgan fingerprint density at radius 2 is 1.96 bits per heavy atom. The second-order valence-electron chi connectivity index (χ2n) is 5.73. The van der Waals surface area contributed by atoms with E-state index in [2.05, 4.69) is 20.8 Å². The zero-order valence-electron chi connectivity index (χ0n) is 14.4. The quantitative estimate of drug-likeness (QED) is 0.656. The van der Waals surface area contributed by atoms with Crippen LogP contribution >= 0.6 is 23.4 Å². The van der Waals surface area contributed by atoms with Crippen LogP contribution in [0.2, 0.25) is 5.02 Å². The van der Waals surface area contributed by atoms with Crippen molar-refractivity contribution in [2.24, 2.45) is 0 Å². The molecule has 0 spiro atoms. The predicted molar refractivity (Wildman–Crippen MR) is 103 cm³/mol. The molecule has 3 aromatic rings. The van der Waals surface area contributed by atoms with Crippen LogP contribution in [-0.2, 0) is 11.3 Å². The van der Waals surface area contributed by atoms with Crippen molar-refractivity contribution < 1.29 is 4.79 Å². The van der Waals surface area contributed by atoms with Gasteiger partial charge in [0.15, 0.2) is 0 Å². The highest BCUT2D eigenvalue weighted by Crippen LogP contribution is 2.24. The van der Waals surface area contributed by atoms with Gasteiger partial charge in [-0.3, -0.25) is 4.79 Å². The van der Waals surface area contributed by atoms with Crippen LogP contribution < -0.4 is 5.32 Å². The predicted octanol–water partition coefficient (Wildman–Crippen LogP) is 3.42. The zero-order valence-corrected chi connectivity index (χ0v) is 16.0. The topological polar surface area (TPSA) is 72.7 Å². The molecule has 0 bridgehead atoms. The van der Waals surface area contributed by atoms with Gasteiger partial charge in [-0.2, -0.15) is 4.68 Å². The molecule has 0 aliphatic carbocycles. The molecule has 2 aromatic carbocycles. The van der Waals surface area contributed by atoms with Gasteiger partial charge in [0.1, 0.15) is 0 Å². The van der Waals surface area contributed by atoms with E-state index in [1.165, 1.54) is 11.8 Å². The maximum absolute atomic E-state index is 12.4. The number of thioether (sulfide) groups is 1. The minimum atomic E-state index is -0.355. The molecular formula is C18H18ClN5OS. The van der Waals surface area contributed by atoms with E-state index in [4.69, 9.17) is 11.6 Å². The van der Waals surface area contributed by atoms with Crippen molar-refractivity contribution in [3.8, 4) is 5.69 Å². The van der Waals surface area contributed by atoms with Crippen LogP contribution in [0.15, 0.2) is 53.7 Å². The minimum absolute atomic E-state index is 0.103. The number of nitrogens with zero attached hydrogens (tertiary/aromatic N) is 4. The maximum Gasteiger partial charge on any atom is 0.233 e. The fourth-order valence-electron chi connectivity index (χ4n) is 2.38. The van der Waals surface area contributed by atoms with Gasteiger partial charge in [0.05, 0.1) is 10.9 Å². The number of carbonyl (C=O) groups is 1. The molecule has 0 aliphatic rings. The van der Waals surface area contributed by atoms with Crippen molar-refractivity contribution in [3.63, 3.8) is 0 Å². The van der Waals surface area contributed by atoms with E-state index >= 15 is 0 Å². The number of aromatic nitrogens is 4. The van der Waals surface area contributed by atoms with Crippen molar-refractivity contribution in [1.29, 1.82) is 0 Å². The van der Waals surface area contributed by atoms with Crippen LogP contribution in [0.3, 0.4) is 0 Å². The molecule has 0 saturated carbocycles. The molecule has 6 nitrogen and oxygen atoms in total. The smallest absolute Gasteiger partial charge is 0.233 e. The molecule has 8 heteroatoms. The monoisotopic (exact) mass is 387 g/mol. The summed E-state index contributed by atoms with van der Waals surface area (Å²) in [4.78, 5) is 12.4. The second kappa shape index (κ2) is 8.33. The molecule has 0 unspecified atom stereocenters. The van der Waals surface area contributed by atoms with Gasteiger partial charge in [-0.05, 0) is 47.5 Å². The summed E-state index contributed by atoms with van der Waals surface area (Å²) in [5, 5.41) is 15.6. The Bertz CT molecular complexity index is 914. The molecule has 1 heterocycles. The number of carbonyl (C=O) groups excluding carboxylic acids is 1. The number of nitrogens with one attached hydrogen (secondary N) is 1. The largest absolute Gasteiger partial charge is 0.351 e. The van der Waals surface area contributed by atoms with Crippen molar-refractivity contribution in [3.05, 3.63) is 64.7 Å². The number of aryl methyl sites for hydroxylation is 1. The van der Waals surface area contributed by atoms with Crippen LogP contribution in [0.25, 0.3) is 5.69 Å². The average Bonchev–Trinajstić information content (AvgIpc) is 3.09. The van der Waals surface area contributed by atoms with E-state index < -0.39 is 0 Å². The molecule has 1 atom stereocenters. The maximum atomic E-state index is 12.4. The third kappa shape index (κ3) is 4.23. The lowest BCUT2D eigenvalue weighted by Crippen LogP contribution is -2.30. The van der Waals surface area contributed by atoms with E-state index in [1.54, 1.807) is 10.7 Å². The lowest BCUT2D eigenvalue weighted by atomic mass is 10.2. The Labute approximate surface area is 160 Å². The van der Waals surface area contributed by atoms with E-state index in [0.717, 1.165) is 16.8 Å². The van der Waals surface area contributed by atoms with Gasteiger partial charge in [-0.15, -0.1) is 5.10 Å². The van der Waals surface area contributed by atoms with Gasteiger partial charge < -0.3 is 5.32 Å². The number of hydrogen-bond donors (Lipinski definition) is 1. The molecule has 3 rings (SSSR count). The molecule has 0 fully saturated rings. The highest BCUT2D eigenvalue weighted by molar-refractivity contribution is 8.00. The third-order valence-corrected chi connectivity index (χ3v) is 5.25. The Morgan fingerprint density at radius 1 is 1.23 bits per heavy atom. The molecule has 26 heavy (non-hydrogen) atoms. The second-order valence-corrected chi connectivity index (χ2v) is 7.44. The van der Waals surface area contributed by atoms with Crippen LogP contribution in [0.1, 0.15) is 18.1 Å². The number of amides is 1. The molecule has 0 saturated heterocycles. The molecule has 134 valence electrons. The van der Waals surface area contributed by atoms with Crippen LogP contribution in [-0.4, -0.2) is 31.4 Å². The van der Waals surface area contributed by atoms with Crippen molar-refractivity contribution in [2.75, 3.05) is 0 Å². The van der Waals surface area contributed by atoms with Crippen molar-refractivity contribution >= 4 is 29.3 Å². The highest BCUT2D eigenvalue weighted by atomic mass is 35.5. The Morgan fingerprint density at radius 3 is 2.73 bits per heavy atom. The number of benzene rings is 2. The summed E-state index contributed by atoms with van der Waals surface area (Å²) in [6.45, 7) is 4.20. The van der Waals surface area contributed by atoms with Gasteiger partial charge in [0, 0.05) is 11.6 Å². The first-order valence-electron chi connectivity index (χ1n) is 8.08. The number of tetrazole rings is 1. The highest BCUT2D eigenvalue weighted by Gasteiger charge is 2.19. The Balaban J connectivity index is 1.66. The third-order valence-electron chi connectivity index (χ3n) is 3.85. The molecule has 1 amide bonds. The van der Waals surface area contributed by atoms with Gasteiger partial charge in [-0.25, -0.2) is 0 Å². The molecule has 1 aromatic heterocycles. The summed E-state index contributed by atoms with van der Waals surface area (Å²) in [5.41, 5.74) is 2.82. The summed E-state index contributed by atoms with van der Waals surface area (Å²) in [6, 6.07) is 15.3. The lowest BCUT2D eigenvalue weighted by Gasteiger charge is -2.13. The minimum Gasteiger partial charge on any atom is -0.351 e. The molecule has 1 N–H and O–H groups in total. The number of rotatable bonds is 6. The first-order valence-corrected chi connectivity index (χ1v) is 9.34. The van der Waals surface area contributed by atoms with E-state index in [9.17, 15) is 4.79 Å². The summed E-state index contributed by atoms with van der Waals surface area (Å²) in [7, 11) is 0. The normalized spacial score (nSPS) is 12.0. The fraction of sp³-hybridized carbons (Fsp3) is 0.222. The van der Waals surface area contributed by atoms with E-state index in [-0.39, 0.29) is 11.2 Å². The summed E-state index contributed by atoms with van der Waals surface area (Å²) in [6.07, 6.45) is 0. The first kappa shape index (κ1) is 18.4. The molecular weight excluding hydrogens is 370 g/mol. The summed E-state index contributed by atoms with van der Waals surface area (Å²) < 4.78 is 1.65. The molecule has 0 aliphatic heterocycles. The summed E-state index contributed by atoms with van der Waals surface area (Å²) in [5.74, 6) is -0.103. The van der Waals surface area contributed by atoms with Crippen LogP contribution in [0.5, 0.6) is 0 Å². The SMILES string of the molecule is Cc1ccccc1-n1nnnc1S[C@@H](C)C(=O)NCc1ccccc1Cl. The standard InChI is InChI=1S/C18H18ClN5OS/c1-12-7-3-6-10-16(12)24-18(21-22-23-24)26-13(2)17(25)20-11-14-8-4-5-9-15(14)19/h3-10,13H,11H2,1-2H3,(H,20,25)/t13-/m0/s1. The fourth-order valence-corrected chi connectivity index (χ4v) is 3.41. The zero-order chi connectivity index (χ0) is 18.5. The Hall–Kier alpha value is -2.38. The lowest BCUT2D eigenvalue weighted by molar-refractivity contribution is -0.120. The van der Waals surface area contributed by atoms with Crippen LogP contribution in [0, 0.1) is 6.92 Å². The van der Waals surface area contributed by atoms with Crippen LogP contribution in [0.4, 0.5) is 0 Å². The van der Waals surface area contributed by atoms with Gasteiger partial charge >= 0.3 is 0 Å². The average molecular weight is 388 g/mol. The number of para-hydroxylation sites is 1. The van der Waals surface area contributed by atoms with Crippen molar-refractivity contribution in [2.45, 2.75) is 30.8 Å². The first-order chi connectivity index (χ1) is 12.6. The number of halogens is 1. The van der Waals surface area contributed by atoms with E-state index in [1.807, 2.05) is 56.3 Å². The van der Waals surface area contributed by atoms with Gasteiger partial charge in [0.25, 0.3) is 0 Å².